The molecule has 0 saturated carbocycles. The van der Waals surface area contributed by atoms with E-state index in [9.17, 15) is 13.5 Å². The summed E-state index contributed by atoms with van der Waals surface area (Å²) in [6.45, 7) is 2.31. The molecule has 5 aromatic carbocycles. The van der Waals surface area contributed by atoms with Crippen LogP contribution in [0.3, 0.4) is 0 Å². The molecular weight excluding hydrogens is 643 g/mol. The minimum absolute atomic E-state index is 0.0157. The Bertz CT molecular complexity index is 1920. The molecule has 4 atom stereocenters. The van der Waals surface area contributed by atoms with Crippen molar-refractivity contribution in [3.63, 3.8) is 0 Å². The lowest BCUT2D eigenvalue weighted by molar-refractivity contribution is -0.268. The Kier molecular flexibility index (Phi) is 11.0. The van der Waals surface area contributed by atoms with Crippen LogP contribution in [0.25, 0.3) is 11.1 Å². The molecule has 2 N–H and O–H groups in total. The van der Waals surface area contributed by atoms with Gasteiger partial charge in [-0.25, -0.2) is 13.1 Å². The summed E-state index contributed by atoms with van der Waals surface area (Å²) < 4.78 is 47.3. The van der Waals surface area contributed by atoms with Gasteiger partial charge in [-0.3, -0.25) is 0 Å². The molecule has 1 aliphatic rings. The molecular formula is C39H39NO6S2. The number of hydrogen-bond donors (Lipinski definition) is 2. The van der Waals surface area contributed by atoms with E-state index in [4.69, 9.17) is 14.2 Å². The van der Waals surface area contributed by atoms with E-state index in [1.165, 1.54) is 0 Å². The Morgan fingerprint density at radius 2 is 1.48 bits per heavy atom. The summed E-state index contributed by atoms with van der Waals surface area (Å²) in [6.07, 6.45) is -0.983. The van der Waals surface area contributed by atoms with Crippen LogP contribution in [0.1, 0.15) is 41.6 Å². The maximum absolute atomic E-state index is 12.8. The average Bonchev–Trinajstić information content (AvgIpc) is 3.14. The van der Waals surface area contributed by atoms with Crippen LogP contribution in [-0.2, 0) is 32.6 Å². The van der Waals surface area contributed by atoms with E-state index >= 15 is 0 Å². The zero-order valence-electron chi connectivity index (χ0n) is 26.9. The molecule has 0 spiro atoms. The van der Waals surface area contributed by atoms with Crippen LogP contribution in [0.5, 0.6) is 5.75 Å². The molecule has 248 valence electrons. The van der Waals surface area contributed by atoms with Crippen molar-refractivity contribution in [3.05, 3.63) is 150 Å². The number of benzene rings is 5. The number of rotatable bonds is 12. The molecule has 7 nitrogen and oxygen atoms in total. The number of nitrogens with one attached hydrogen (secondary N) is 1. The first-order chi connectivity index (χ1) is 23.3. The molecule has 1 fully saturated rings. The molecule has 1 aliphatic heterocycles. The molecule has 0 aliphatic carbocycles. The van der Waals surface area contributed by atoms with Crippen LogP contribution in [-0.4, -0.2) is 32.5 Å². The van der Waals surface area contributed by atoms with Crippen LogP contribution < -0.4 is 9.46 Å². The van der Waals surface area contributed by atoms with Crippen molar-refractivity contribution in [2.45, 2.75) is 48.4 Å². The maximum atomic E-state index is 12.8. The first-order valence-electron chi connectivity index (χ1n) is 15.8. The fraction of sp³-hybridized carbons (Fsp3) is 0.231. The highest BCUT2D eigenvalue weighted by molar-refractivity contribution is 7.99. The molecule has 1 heterocycles. The highest BCUT2D eigenvalue weighted by atomic mass is 32.2. The van der Waals surface area contributed by atoms with E-state index < -0.39 is 16.3 Å². The minimum Gasteiger partial charge on any atom is -0.496 e. The summed E-state index contributed by atoms with van der Waals surface area (Å²) in [6, 6.07) is 40.2. The molecule has 0 unspecified atom stereocenters. The van der Waals surface area contributed by atoms with Crippen LogP contribution in [0.15, 0.2) is 137 Å². The first kappa shape index (κ1) is 33.9. The van der Waals surface area contributed by atoms with Gasteiger partial charge in [0, 0.05) is 28.7 Å². The van der Waals surface area contributed by atoms with Crippen LogP contribution in [0, 0.1) is 5.92 Å². The van der Waals surface area contributed by atoms with E-state index in [1.807, 2.05) is 84.9 Å². The number of para-hydroxylation sites is 1. The topological polar surface area (TPSA) is 94.1 Å². The molecule has 1 saturated heterocycles. The van der Waals surface area contributed by atoms with Gasteiger partial charge in [-0.15, -0.1) is 11.8 Å². The molecule has 0 amide bonds. The smallest absolute Gasteiger partial charge is 0.240 e. The lowest BCUT2D eigenvalue weighted by atomic mass is 9.91. The number of hydrogen-bond acceptors (Lipinski definition) is 7. The summed E-state index contributed by atoms with van der Waals surface area (Å²) in [5, 5.41) is 9.60. The average molecular weight is 682 g/mol. The Balaban J connectivity index is 1.24. The number of methoxy groups -OCH3 is 1. The summed E-state index contributed by atoms with van der Waals surface area (Å²) in [5.74, 6) is 1.58. The lowest BCUT2D eigenvalue weighted by Crippen LogP contribution is -2.38. The molecule has 48 heavy (non-hydrogen) atoms. The second kappa shape index (κ2) is 15.5. The van der Waals surface area contributed by atoms with Crippen molar-refractivity contribution in [1.29, 1.82) is 0 Å². The Morgan fingerprint density at radius 3 is 2.23 bits per heavy atom. The van der Waals surface area contributed by atoms with Crippen LogP contribution in [0.4, 0.5) is 0 Å². The summed E-state index contributed by atoms with van der Waals surface area (Å²) in [5.41, 5.74) is 5.53. The van der Waals surface area contributed by atoms with Gasteiger partial charge < -0.3 is 19.3 Å². The highest BCUT2D eigenvalue weighted by Gasteiger charge is 2.38. The van der Waals surface area contributed by atoms with Gasteiger partial charge in [0.05, 0.1) is 30.8 Å². The third kappa shape index (κ3) is 8.01. The van der Waals surface area contributed by atoms with E-state index in [-0.39, 0.29) is 36.2 Å². The predicted octanol–water partition coefficient (Wildman–Crippen LogP) is 7.92. The van der Waals surface area contributed by atoms with Gasteiger partial charge in [-0.05, 0) is 64.2 Å². The standard InChI is InChI=1S/C39H39NO6S2/c1-27-36(26-47-37-17-7-6-16-35(37)44-2)45-39(46-38(27)30-20-18-28(25-41)19-21-30)33-13-9-12-32(23-33)31-11-8-10-29(22-31)24-40-48(42,43)34-14-4-3-5-15-34/h3-23,27,36,38-41H,24-26H2,1-2H3/t27-,36+,38+,39+/m0/s1. The van der Waals surface area contributed by atoms with Crippen molar-refractivity contribution in [2.75, 3.05) is 12.9 Å². The van der Waals surface area contributed by atoms with Crippen molar-refractivity contribution in [2.24, 2.45) is 5.92 Å². The predicted molar refractivity (Wildman–Crippen MR) is 189 cm³/mol. The van der Waals surface area contributed by atoms with Gasteiger partial charge in [0.1, 0.15) is 5.75 Å². The van der Waals surface area contributed by atoms with Crippen LogP contribution >= 0.6 is 11.8 Å². The Hall–Kier alpha value is -3.96. The van der Waals surface area contributed by atoms with E-state index in [0.717, 1.165) is 44.0 Å². The molecule has 6 rings (SSSR count). The normalized spacial score (nSPS) is 19.6. The fourth-order valence-electron chi connectivity index (χ4n) is 5.81. The number of aliphatic hydroxyl groups excluding tert-OH is 1. The molecule has 0 aromatic heterocycles. The van der Waals surface area contributed by atoms with Crippen molar-refractivity contribution in [3.8, 4) is 16.9 Å². The second-order valence-electron chi connectivity index (χ2n) is 11.7. The zero-order chi connectivity index (χ0) is 33.5. The van der Waals surface area contributed by atoms with Crippen molar-refractivity contribution >= 4 is 21.8 Å². The van der Waals surface area contributed by atoms with Gasteiger partial charge in [-0.1, -0.05) is 97.9 Å². The lowest BCUT2D eigenvalue weighted by Gasteiger charge is -2.41. The minimum atomic E-state index is -3.63. The van der Waals surface area contributed by atoms with Gasteiger partial charge in [-0.2, -0.15) is 0 Å². The zero-order valence-corrected chi connectivity index (χ0v) is 28.5. The van der Waals surface area contributed by atoms with Crippen molar-refractivity contribution in [1.82, 2.24) is 4.72 Å². The molecule has 9 heteroatoms. The maximum Gasteiger partial charge on any atom is 0.240 e. The van der Waals surface area contributed by atoms with E-state index in [2.05, 4.69) is 23.8 Å². The Morgan fingerprint density at radius 1 is 0.771 bits per heavy atom. The van der Waals surface area contributed by atoms with E-state index in [1.54, 1.807) is 49.2 Å². The van der Waals surface area contributed by atoms with Gasteiger partial charge in [0.15, 0.2) is 6.29 Å². The van der Waals surface area contributed by atoms with Gasteiger partial charge >= 0.3 is 0 Å². The number of aliphatic hydroxyl groups is 1. The molecule has 0 radical (unpaired) electrons. The molecule has 5 aromatic rings. The van der Waals surface area contributed by atoms with Crippen molar-refractivity contribution < 1.29 is 27.7 Å². The first-order valence-corrected chi connectivity index (χ1v) is 18.3. The van der Waals surface area contributed by atoms with E-state index in [0.29, 0.717) is 5.75 Å². The SMILES string of the molecule is COc1ccccc1SC[C@H]1O[C@@H](c2cccc(-c3cccc(CNS(=O)(=O)c4ccccc4)c3)c2)O[C@@H](c2ccc(CO)cc2)[C@H]1C. The Labute approximate surface area is 287 Å². The highest BCUT2D eigenvalue weighted by Crippen LogP contribution is 2.44. The number of thioether (sulfide) groups is 1. The number of ether oxygens (including phenoxy) is 3. The number of sulfonamides is 1. The molecule has 0 bridgehead atoms. The third-order valence-electron chi connectivity index (χ3n) is 8.53. The summed E-state index contributed by atoms with van der Waals surface area (Å²) >= 11 is 1.70. The van der Waals surface area contributed by atoms with Crippen LogP contribution in [0.2, 0.25) is 0 Å². The largest absolute Gasteiger partial charge is 0.496 e. The third-order valence-corrected chi connectivity index (χ3v) is 11.1. The fourth-order valence-corrected chi connectivity index (χ4v) is 8.04. The summed E-state index contributed by atoms with van der Waals surface area (Å²) in [7, 11) is -1.95. The monoisotopic (exact) mass is 681 g/mol. The van der Waals surface area contributed by atoms with Gasteiger partial charge in [0.2, 0.25) is 10.0 Å². The quantitative estimate of drug-likeness (QED) is 0.129. The van der Waals surface area contributed by atoms with Gasteiger partial charge in [0.25, 0.3) is 0 Å². The second-order valence-corrected chi connectivity index (χ2v) is 14.6. The summed E-state index contributed by atoms with van der Waals surface area (Å²) in [4.78, 5) is 1.29.